The van der Waals surface area contributed by atoms with Crippen LogP contribution in [0.5, 0.6) is 17.2 Å². The summed E-state index contributed by atoms with van der Waals surface area (Å²) in [6, 6.07) is 13.4. The Morgan fingerprint density at radius 2 is 1.88 bits per heavy atom. The fourth-order valence-corrected chi connectivity index (χ4v) is 3.21. The molecule has 0 saturated carbocycles. The summed E-state index contributed by atoms with van der Waals surface area (Å²) in [4.78, 5) is 0. The van der Waals surface area contributed by atoms with Crippen molar-refractivity contribution >= 4 is 11.4 Å². The van der Waals surface area contributed by atoms with Crippen molar-refractivity contribution in [1.82, 2.24) is 5.32 Å². The number of nitrogen functional groups attached to an aromatic ring is 2. The smallest absolute Gasteiger partial charge is 0.169 e. The van der Waals surface area contributed by atoms with E-state index in [1.807, 2.05) is 24.3 Å². The predicted molar refractivity (Wildman–Crippen MR) is 102 cm³/mol. The van der Waals surface area contributed by atoms with E-state index in [1.54, 1.807) is 18.2 Å². The summed E-state index contributed by atoms with van der Waals surface area (Å²) in [5.41, 5.74) is 12.4. The number of rotatable bonds is 6. The lowest BCUT2D eigenvalue weighted by molar-refractivity contribution is 0.0466. The maximum absolute atomic E-state index is 6.45. The number of para-hydroxylation sites is 2. The van der Waals surface area contributed by atoms with Crippen LogP contribution in [0.2, 0.25) is 0 Å². The number of nitrogens with two attached hydrogens (primary N) is 2. The molecule has 0 aromatic heterocycles. The van der Waals surface area contributed by atoms with Crippen molar-refractivity contribution < 1.29 is 9.47 Å². The maximum atomic E-state index is 6.45. The predicted octanol–water partition coefficient (Wildman–Crippen LogP) is 3.94. The monoisotopic (exact) mass is 341 g/mol. The van der Waals surface area contributed by atoms with E-state index >= 15 is 0 Å². The molecule has 3 rings (SSSR count). The fourth-order valence-electron chi connectivity index (χ4n) is 3.21. The SMILES string of the molecule is CCC(C)(Oc1ccccc1Oc1ccc(N)c(N)c1)C1CCCN1. The molecule has 5 heteroatoms. The van der Waals surface area contributed by atoms with Crippen molar-refractivity contribution in [2.24, 2.45) is 0 Å². The zero-order chi connectivity index (χ0) is 17.9. The molecule has 1 aliphatic rings. The van der Waals surface area contributed by atoms with Crippen LogP contribution in [0.3, 0.4) is 0 Å². The van der Waals surface area contributed by atoms with E-state index in [-0.39, 0.29) is 5.60 Å². The van der Waals surface area contributed by atoms with Gasteiger partial charge in [-0.15, -0.1) is 0 Å². The van der Waals surface area contributed by atoms with Crippen LogP contribution >= 0.6 is 0 Å². The molecule has 25 heavy (non-hydrogen) atoms. The van der Waals surface area contributed by atoms with E-state index in [9.17, 15) is 0 Å². The van der Waals surface area contributed by atoms with Gasteiger partial charge in [0.25, 0.3) is 0 Å². The number of nitrogens with one attached hydrogen (secondary N) is 1. The van der Waals surface area contributed by atoms with Crippen LogP contribution < -0.4 is 26.3 Å². The Balaban J connectivity index is 1.83. The molecular weight excluding hydrogens is 314 g/mol. The van der Waals surface area contributed by atoms with E-state index in [0.29, 0.717) is 28.9 Å². The Morgan fingerprint density at radius 3 is 2.52 bits per heavy atom. The van der Waals surface area contributed by atoms with Gasteiger partial charge in [0.15, 0.2) is 11.5 Å². The second-order valence-electron chi connectivity index (χ2n) is 6.76. The molecule has 1 heterocycles. The first-order chi connectivity index (χ1) is 12.0. The molecule has 5 N–H and O–H groups in total. The second-order valence-corrected chi connectivity index (χ2v) is 6.76. The highest BCUT2D eigenvalue weighted by Crippen LogP contribution is 2.37. The van der Waals surface area contributed by atoms with Gasteiger partial charge < -0.3 is 26.3 Å². The van der Waals surface area contributed by atoms with E-state index in [0.717, 1.165) is 25.1 Å². The second kappa shape index (κ2) is 7.23. The highest BCUT2D eigenvalue weighted by atomic mass is 16.5. The van der Waals surface area contributed by atoms with Crippen molar-refractivity contribution in [2.75, 3.05) is 18.0 Å². The summed E-state index contributed by atoms with van der Waals surface area (Å²) >= 11 is 0. The minimum absolute atomic E-state index is 0.282. The molecule has 2 aromatic rings. The number of benzene rings is 2. The Hall–Kier alpha value is -2.40. The summed E-state index contributed by atoms with van der Waals surface area (Å²) in [6.07, 6.45) is 3.22. The Bertz CT molecular complexity index is 729. The van der Waals surface area contributed by atoms with Crippen molar-refractivity contribution in [1.29, 1.82) is 0 Å². The molecule has 0 amide bonds. The molecule has 1 fully saturated rings. The zero-order valence-electron chi connectivity index (χ0n) is 14.9. The highest BCUT2D eigenvalue weighted by Gasteiger charge is 2.37. The summed E-state index contributed by atoms with van der Waals surface area (Å²) in [6.45, 7) is 5.37. The molecule has 5 nitrogen and oxygen atoms in total. The number of anilines is 2. The fraction of sp³-hybridized carbons (Fsp3) is 0.400. The van der Waals surface area contributed by atoms with Gasteiger partial charge in [-0.2, -0.15) is 0 Å². The van der Waals surface area contributed by atoms with Crippen molar-refractivity contribution in [3.63, 3.8) is 0 Å². The van der Waals surface area contributed by atoms with Crippen LogP contribution in [0.25, 0.3) is 0 Å². The summed E-state index contributed by atoms with van der Waals surface area (Å²) < 4.78 is 12.5. The molecule has 1 aliphatic heterocycles. The first kappa shape index (κ1) is 17.4. The molecule has 0 aliphatic carbocycles. The van der Waals surface area contributed by atoms with Gasteiger partial charge in [-0.1, -0.05) is 19.1 Å². The van der Waals surface area contributed by atoms with E-state index in [2.05, 4.69) is 19.2 Å². The van der Waals surface area contributed by atoms with Gasteiger partial charge in [0.1, 0.15) is 11.4 Å². The largest absolute Gasteiger partial charge is 0.482 e. The van der Waals surface area contributed by atoms with Gasteiger partial charge >= 0.3 is 0 Å². The molecule has 2 unspecified atom stereocenters. The van der Waals surface area contributed by atoms with Crippen LogP contribution in [-0.4, -0.2) is 18.2 Å². The van der Waals surface area contributed by atoms with Gasteiger partial charge in [0.05, 0.1) is 11.4 Å². The van der Waals surface area contributed by atoms with E-state index < -0.39 is 0 Å². The van der Waals surface area contributed by atoms with Crippen molar-refractivity contribution in [3.05, 3.63) is 42.5 Å². The van der Waals surface area contributed by atoms with Gasteiger partial charge in [0, 0.05) is 12.1 Å². The lowest BCUT2D eigenvalue weighted by Crippen LogP contribution is -2.49. The molecule has 2 atom stereocenters. The van der Waals surface area contributed by atoms with Gasteiger partial charge in [-0.3, -0.25) is 0 Å². The van der Waals surface area contributed by atoms with Crippen LogP contribution in [0, 0.1) is 0 Å². The molecule has 0 spiro atoms. The summed E-state index contributed by atoms with van der Waals surface area (Å²) in [5, 5.41) is 3.55. The number of hydrogen-bond acceptors (Lipinski definition) is 5. The minimum Gasteiger partial charge on any atom is -0.482 e. The van der Waals surface area contributed by atoms with Crippen LogP contribution in [0.15, 0.2) is 42.5 Å². The van der Waals surface area contributed by atoms with Crippen LogP contribution in [0.4, 0.5) is 11.4 Å². The van der Waals surface area contributed by atoms with Crippen molar-refractivity contribution in [3.8, 4) is 17.2 Å². The van der Waals surface area contributed by atoms with Gasteiger partial charge in [-0.25, -0.2) is 0 Å². The molecule has 0 radical (unpaired) electrons. The summed E-state index contributed by atoms with van der Waals surface area (Å²) in [5.74, 6) is 2.04. The molecule has 134 valence electrons. The zero-order valence-corrected chi connectivity index (χ0v) is 14.9. The summed E-state index contributed by atoms with van der Waals surface area (Å²) in [7, 11) is 0. The average Bonchev–Trinajstić information content (AvgIpc) is 3.15. The Kier molecular flexibility index (Phi) is 5.04. The number of ether oxygens (including phenoxy) is 2. The molecule has 2 aromatic carbocycles. The molecule has 0 bridgehead atoms. The lowest BCUT2D eigenvalue weighted by Gasteiger charge is -2.36. The molecule has 1 saturated heterocycles. The standard InChI is InChI=1S/C20H27N3O2/c1-3-20(2,19-9-6-12-23-19)25-18-8-5-4-7-17(18)24-14-10-11-15(21)16(22)13-14/h4-5,7-8,10-11,13,19,23H,3,6,9,12,21-22H2,1-2H3. The Morgan fingerprint density at radius 1 is 1.12 bits per heavy atom. The van der Waals surface area contributed by atoms with Gasteiger partial charge in [-0.05, 0) is 57.0 Å². The quantitative estimate of drug-likeness (QED) is 0.693. The third-order valence-electron chi connectivity index (χ3n) is 4.98. The van der Waals surface area contributed by atoms with Crippen molar-refractivity contribution in [2.45, 2.75) is 44.8 Å². The van der Waals surface area contributed by atoms with Crippen LogP contribution in [0.1, 0.15) is 33.1 Å². The number of hydrogen-bond donors (Lipinski definition) is 3. The average molecular weight is 341 g/mol. The Labute approximate surface area is 149 Å². The van der Waals surface area contributed by atoms with E-state index in [4.69, 9.17) is 20.9 Å². The molecular formula is C20H27N3O2. The normalized spacial score (nSPS) is 19.4. The van der Waals surface area contributed by atoms with E-state index in [1.165, 1.54) is 6.42 Å². The first-order valence-electron chi connectivity index (χ1n) is 8.86. The van der Waals surface area contributed by atoms with Gasteiger partial charge in [0.2, 0.25) is 0 Å². The third-order valence-corrected chi connectivity index (χ3v) is 4.98. The third kappa shape index (κ3) is 3.82. The highest BCUT2D eigenvalue weighted by molar-refractivity contribution is 5.65. The lowest BCUT2D eigenvalue weighted by atomic mass is 9.92. The first-order valence-corrected chi connectivity index (χ1v) is 8.86. The minimum atomic E-state index is -0.282. The topological polar surface area (TPSA) is 82.5 Å². The maximum Gasteiger partial charge on any atom is 0.169 e. The van der Waals surface area contributed by atoms with Crippen LogP contribution in [-0.2, 0) is 0 Å².